The van der Waals surface area contributed by atoms with Crippen LogP contribution in [0.1, 0.15) is 0 Å². The van der Waals surface area contributed by atoms with Gasteiger partial charge >= 0.3 is 0 Å². The van der Waals surface area contributed by atoms with Gasteiger partial charge in [-0.25, -0.2) is 8.78 Å². The smallest absolute Gasteiger partial charge is 0.206 e. The maximum Gasteiger partial charge on any atom is 0.212 e. The van der Waals surface area contributed by atoms with E-state index in [1.807, 2.05) is 0 Å². The minimum absolute atomic E-state index is 0.552. The van der Waals surface area contributed by atoms with E-state index in [1.54, 1.807) is 0 Å². The molecule has 0 aliphatic rings. The number of rotatable bonds is 3. The van der Waals surface area contributed by atoms with Crippen molar-refractivity contribution in [2.75, 3.05) is 0 Å². The van der Waals surface area contributed by atoms with Gasteiger partial charge in [0.05, 0.1) is 0 Å². The maximum absolute atomic E-state index is 12.8. The van der Waals surface area contributed by atoms with Gasteiger partial charge in [0.1, 0.15) is 12.7 Å². The van der Waals surface area contributed by atoms with Gasteiger partial charge in [0.15, 0.2) is 0 Å². The van der Waals surface area contributed by atoms with Crippen molar-refractivity contribution >= 4 is 0 Å². The first-order valence-electron chi connectivity index (χ1n) is 4.40. The summed E-state index contributed by atoms with van der Waals surface area (Å²) in [7, 11) is 0. The lowest BCUT2D eigenvalue weighted by atomic mass is 10.4. The molecule has 0 aliphatic heterocycles. The molecule has 0 heterocycles. The Balaban J connectivity index is 5.92. The highest BCUT2D eigenvalue weighted by Crippen LogP contribution is 2.18. The van der Waals surface area contributed by atoms with Crippen LogP contribution in [0.25, 0.3) is 0 Å². The SMILES string of the molecule is FC=C=C(F)C(F)=C=C(F)C(F)=C=C(F)C(F)=C=CF. The summed E-state index contributed by atoms with van der Waals surface area (Å²) < 4.78 is 98.6. The molecule has 0 aromatic carbocycles. The molecular formula is C12H2F8. The first-order valence-corrected chi connectivity index (χ1v) is 4.40. The Hall–Kier alpha value is -2.48. The zero-order valence-corrected chi connectivity index (χ0v) is 9.18. The molecule has 0 atom stereocenters. The van der Waals surface area contributed by atoms with E-state index in [-0.39, 0.29) is 0 Å². The predicted octanol–water partition coefficient (Wildman–Crippen LogP) is 5.47. The van der Waals surface area contributed by atoms with Gasteiger partial charge < -0.3 is 0 Å². The van der Waals surface area contributed by atoms with Gasteiger partial charge in [-0.2, -0.15) is 26.3 Å². The molecule has 0 unspecified atom stereocenters. The van der Waals surface area contributed by atoms with Crippen LogP contribution in [0.4, 0.5) is 35.1 Å². The highest BCUT2D eigenvalue weighted by atomic mass is 19.2. The number of hydrogen-bond acceptors (Lipinski definition) is 0. The second kappa shape index (κ2) is 8.59. The highest BCUT2D eigenvalue weighted by molar-refractivity contribution is 5.27. The molecule has 0 rings (SSSR count). The standard InChI is InChI=1S/C12H2F8/c13-3-1-7(15)9(17)5-11(19)12(20)6-10(18)8(16)2-4-14/h3-4H. The Morgan fingerprint density at radius 2 is 0.750 bits per heavy atom. The van der Waals surface area contributed by atoms with Crippen LogP contribution in [0.3, 0.4) is 0 Å². The topological polar surface area (TPSA) is 0 Å². The van der Waals surface area contributed by atoms with Crippen LogP contribution in [-0.2, 0) is 0 Å². The summed E-state index contributed by atoms with van der Waals surface area (Å²) in [5.74, 6) is -13.1. The largest absolute Gasteiger partial charge is 0.212 e. The molecule has 20 heavy (non-hydrogen) atoms. The molecule has 0 saturated heterocycles. The fourth-order valence-electron chi connectivity index (χ4n) is 0.635. The van der Waals surface area contributed by atoms with Crippen molar-refractivity contribution in [2.45, 2.75) is 0 Å². The third kappa shape index (κ3) is 5.91. The van der Waals surface area contributed by atoms with Crippen LogP contribution in [-0.4, -0.2) is 0 Å². The average Bonchev–Trinajstić information content (AvgIpc) is 2.38. The van der Waals surface area contributed by atoms with E-state index in [2.05, 4.69) is 0 Å². The molecule has 0 aromatic rings. The Labute approximate surface area is 107 Å². The summed E-state index contributed by atoms with van der Waals surface area (Å²) in [4.78, 5) is 0. The van der Waals surface area contributed by atoms with E-state index in [4.69, 9.17) is 0 Å². The van der Waals surface area contributed by atoms with Crippen LogP contribution < -0.4 is 0 Å². The van der Waals surface area contributed by atoms with Crippen molar-refractivity contribution in [3.8, 4) is 0 Å². The molecule has 0 radical (unpaired) electrons. The zero-order valence-electron chi connectivity index (χ0n) is 9.18. The summed E-state index contributed by atoms with van der Waals surface area (Å²) >= 11 is 0. The van der Waals surface area contributed by atoms with Gasteiger partial charge in [0, 0.05) is 0 Å². The molecule has 0 N–H and O–H groups in total. The molecule has 0 fully saturated rings. The molecule has 106 valence electrons. The van der Waals surface area contributed by atoms with E-state index >= 15 is 0 Å². The van der Waals surface area contributed by atoms with Crippen molar-refractivity contribution < 1.29 is 35.1 Å². The van der Waals surface area contributed by atoms with Gasteiger partial charge in [-0.1, -0.05) is 0 Å². The summed E-state index contributed by atoms with van der Waals surface area (Å²) in [6.45, 7) is 0. The molecule has 8 heteroatoms. The maximum atomic E-state index is 12.8. The quantitative estimate of drug-likeness (QED) is 0.368. The lowest BCUT2D eigenvalue weighted by Gasteiger charge is -1.87. The molecule has 0 amide bonds. The van der Waals surface area contributed by atoms with E-state index in [9.17, 15) is 35.1 Å². The molecule has 0 nitrogen and oxygen atoms in total. The molecule has 0 bridgehead atoms. The first kappa shape index (κ1) is 17.5. The number of hydrogen-bond donors (Lipinski definition) is 0. The average molecular weight is 298 g/mol. The lowest BCUT2D eigenvalue weighted by molar-refractivity contribution is 0.520. The van der Waals surface area contributed by atoms with Gasteiger partial charge in [0.2, 0.25) is 35.0 Å². The van der Waals surface area contributed by atoms with Crippen molar-refractivity contribution in [1.82, 2.24) is 0 Å². The van der Waals surface area contributed by atoms with Crippen LogP contribution in [0.2, 0.25) is 0 Å². The van der Waals surface area contributed by atoms with Crippen molar-refractivity contribution in [3.05, 3.63) is 70.5 Å². The van der Waals surface area contributed by atoms with Gasteiger partial charge in [0.25, 0.3) is 0 Å². The molecule has 0 aromatic heterocycles. The van der Waals surface area contributed by atoms with Crippen LogP contribution in [0, 0.1) is 0 Å². The fourth-order valence-corrected chi connectivity index (χ4v) is 0.635. The summed E-state index contributed by atoms with van der Waals surface area (Å²) in [5.41, 5.74) is 3.62. The predicted molar refractivity (Wildman–Crippen MR) is 53.1 cm³/mol. The second-order valence-corrected chi connectivity index (χ2v) is 2.64. The molecular weight excluding hydrogens is 296 g/mol. The number of halogens is 8. The Bertz CT molecular complexity index is 581. The third-order valence-corrected chi connectivity index (χ3v) is 1.38. The van der Waals surface area contributed by atoms with E-state index in [0.717, 1.165) is 22.9 Å². The lowest BCUT2D eigenvalue weighted by Crippen LogP contribution is -1.77. The molecule has 0 spiro atoms. The van der Waals surface area contributed by atoms with E-state index in [0.29, 0.717) is 0 Å². The zero-order chi connectivity index (χ0) is 15.7. The second-order valence-electron chi connectivity index (χ2n) is 2.64. The monoisotopic (exact) mass is 298 g/mol. The highest BCUT2D eigenvalue weighted by Gasteiger charge is 2.08. The van der Waals surface area contributed by atoms with Crippen LogP contribution in [0.15, 0.2) is 70.5 Å². The Morgan fingerprint density at radius 1 is 0.500 bits per heavy atom. The number of allylic oxidation sites excluding steroid dienone is 4. The fraction of sp³-hybridized carbons (Fsp3) is 0. The van der Waals surface area contributed by atoms with Crippen molar-refractivity contribution in [3.63, 3.8) is 0 Å². The summed E-state index contributed by atoms with van der Waals surface area (Å²) in [5, 5.41) is 0. The first-order chi connectivity index (χ1) is 9.33. The minimum Gasteiger partial charge on any atom is -0.206 e. The third-order valence-electron chi connectivity index (χ3n) is 1.38. The Kier molecular flexibility index (Phi) is 7.53. The van der Waals surface area contributed by atoms with Gasteiger partial charge in [-0.05, 0) is 22.9 Å². The molecule has 0 aliphatic carbocycles. The normalized spacial score (nSPS) is 8.20. The van der Waals surface area contributed by atoms with Crippen molar-refractivity contribution in [2.24, 2.45) is 0 Å². The van der Waals surface area contributed by atoms with Crippen LogP contribution in [0.5, 0.6) is 0 Å². The van der Waals surface area contributed by atoms with Crippen LogP contribution >= 0.6 is 0 Å². The molecule has 0 saturated carbocycles. The van der Waals surface area contributed by atoms with Gasteiger partial charge in [-0.15, -0.1) is 0 Å². The van der Waals surface area contributed by atoms with Crippen molar-refractivity contribution in [1.29, 1.82) is 0 Å². The summed E-state index contributed by atoms with van der Waals surface area (Å²) in [6.07, 6.45) is -1.10. The van der Waals surface area contributed by atoms with Gasteiger partial charge in [-0.3, -0.25) is 0 Å². The minimum atomic E-state index is -2.30. The Morgan fingerprint density at radius 3 is 1.00 bits per heavy atom. The van der Waals surface area contributed by atoms with E-state index < -0.39 is 47.6 Å². The van der Waals surface area contributed by atoms with E-state index in [1.165, 1.54) is 0 Å². The summed E-state index contributed by atoms with van der Waals surface area (Å²) in [6, 6.07) is 0.